The second-order valence-electron chi connectivity index (χ2n) is 7.08. The molecule has 0 atom stereocenters. The second-order valence-corrected chi connectivity index (χ2v) is 7.08. The van der Waals surface area contributed by atoms with Gasteiger partial charge >= 0.3 is 0 Å². The molecule has 7 heteroatoms. The summed E-state index contributed by atoms with van der Waals surface area (Å²) in [6, 6.07) is 14.0. The third-order valence-electron chi connectivity index (χ3n) is 4.99. The Morgan fingerprint density at radius 1 is 0.966 bits per heavy atom. The smallest absolute Gasteiger partial charge is 0.288 e. The van der Waals surface area contributed by atoms with Crippen molar-refractivity contribution in [3.8, 4) is 0 Å². The number of anilines is 1. The second kappa shape index (κ2) is 9.32. The van der Waals surface area contributed by atoms with E-state index in [-0.39, 0.29) is 24.4 Å². The lowest BCUT2D eigenvalue weighted by molar-refractivity contribution is -0.139. The molecule has 0 unspecified atom stereocenters. The van der Waals surface area contributed by atoms with Gasteiger partial charge in [0.1, 0.15) is 5.82 Å². The maximum Gasteiger partial charge on any atom is 0.288 e. The molecule has 0 bridgehead atoms. The predicted molar refractivity (Wildman–Crippen MR) is 108 cm³/mol. The number of piperazine rings is 1. The Balaban J connectivity index is 1.43. The fourth-order valence-electron chi connectivity index (χ4n) is 3.23. The molecule has 1 N–H and O–H groups in total. The number of rotatable bonds is 6. The number of halogens is 1. The van der Waals surface area contributed by atoms with Gasteiger partial charge in [0.25, 0.3) is 5.91 Å². The molecule has 1 aliphatic heterocycles. The van der Waals surface area contributed by atoms with E-state index in [4.69, 9.17) is 0 Å². The Hall–Kier alpha value is -3.22. The lowest BCUT2D eigenvalue weighted by Crippen LogP contribution is -2.51. The van der Waals surface area contributed by atoms with Crippen LogP contribution in [0.25, 0.3) is 0 Å². The van der Waals surface area contributed by atoms with Gasteiger partial charge in [0.05, 0.1) is 6.54 Å². The Bertz CT molecular complexity index is 890. The van der Waals surface area contributed by atoms with Crippen LogP contribution in [-0.4, -0.2) is 55.2 Å². The molecule has 6 nitrogen and oxygen atoms in total. The first-order valence-corrected chi connectivity index (χ1v) is 9.58. The highest BCUT2D eigenvalue weighted by molar-refractivity contribution is 6.36. The van der Waals surface area contributed by atoms with E-state index in [1.165, 1.54) is 23.8 Å². The molecule has 1 fully saturated rings. The lowest BCUT2D eigenvalue weighted by Gasteiger charge is -2.36. The zero-order valence-corrected chi connectivity index (χ0v) is 16.4. The van der Waals surface area contributed by atoms with Crippen molar-refractivity contribution in [2.75, 3.05) is 37.6 Å². The number of hydrogen-bond donors (Lipinski definition) is 1. The first-order chi connectivity index (χ1) is 13.9. The molecule has 1 heterocycles. The molecule has 3 rings (SSSR count). The maximum atomic E-state index is 13.6. The molecule has 0 radical (unpaired) electrons. The van der Waals surface area contributed by atoms with Gasteiger partial charge in [-0.1, -0.05) is 35.9 Å². The van der Waals surface area contributed by atoms with Gasteiger partial charge in [-0.05, 0) is 30.7 Å². The van der Waals surface area contributed by atoms with Crippen LogP contribution in [0.1, 0.15) is 11.1 Å². The number of hydrogen-bond acceptors (Lipinski definition) is 4. The van der Waals surface area contributed by atoms with Crippen LogP contribution in [-0.2, 0) is 20.8 Å². The molecule has 2 aromatic carbocycles. The van der Waals surface area contributed by atoms with Crippen molar-refractivity contribution in [1.29, 1.82) is 0 Å². The summed E-state index contributed by atoms with van der Waals surface area (Å²) in [4.78, 5) is 40.1. The maximum absolute atomic E-state index is 13.6. The number of carbonyl (C=O) groups is 3. The first-order valence-electron chi connectivity index (χ1n) is 9.58. The van der Waals surface area contributed by atoms with Gasteiger partial charge in [0.15, 0.2) is 0 Å². The van der Waals surface area contributed by atoms with E-state index >= 15 is 0 Å². The lowest BCUT2D eigenvalue weighted by atomic mass is 10.1. The van der Waals surface area contributed by atoms with Crippen molar-refractivity contribution in [3.05, 3.63) is 65.5 Å². The summed E-state index contributed by atoms with van der Waals surface area (Å²) in [6.07, 6.45) is -0.331. The zero-order valence-electron chi connectivity index (χ0n) is 16.4. The predicted octanol–water partition coefficient (Wildman–Crippen LogP) is 1.71. The highest BCUT2D eigenvalue weighted by Gasteiger charge is 2.23. The van der Waals surface area contributed by atoms with Gasteiger partial charge in [-0.2, -0.15) is 0 Å². The summed E-state index contributed by atoms with van der Waals surface area (Å²) < 4.78 is 13.6. The van der Waals surface area contributed by atoms with Crippen LogP contribution in [0.4, 0.5) is 10.1 Å². The molecule has 0 spiro atoms. The Labute approximate surface area is 169 Å². The minimum atomic E-state index is -0.875. The van der Waals surface area contributed by atoms with Crippen LogP contribution >= 0.6 is 0 Å². The van der Waals surface area contributed by atoms with Crippen LogP contribution in [0, 0.1) is 12.7 Å². The molecule has 1 aliphatic rings. The summed E-state index contributed by atoms with van der Waals surface area (Å²) >= 11 is 0. The highest BCUT2D eigenvalue weighted by Crippen LogP contribution is 2.17. The summed E-state index contributed by atoms with van der Waals surface area (Å²) in [7, 11) is 0. The van der Waals surface area contributed by atoms with Crippen molar-refractivity contribution >= 4 is 23.3 Å². The van der Waals surface area contributed by atoms with Crippen molar-refractivity contribution in [2.45, 2.75) is 13.3 Å². The van der Waals surface area contributed by atoms with Crippen LogP contribution in [0.15, 0.2) is 48.5 Å². The van der Waals surface area contributed by atoms with Gasteiger partial charge in [-0.25, -0.2) is 4.39 Å². The first kappa shape index (κ1) is 20.5. The quantitative estimate of drug-likeness (QED) is 0.754. The Morgan fingerprint density at radius 3 is 2.28 bits per heavy atom. The van der Waals surface area contributed by atoms with E-state index in [1.54, 1.807) is 11.0 Å². The van der Waals surface area contributed by atoms with Gasteiger partial charge in [-0.15, -0.1) is 0 Å². The van der Waals surface area contributed by atoms with Gasteiger partial charge in [0, 0.05) is 38.3 Å². The summed E-state index contributed by atoms with van der Waals surface area (Å²) in [5.41, 5.74) is 2.48. The summed E-state index contributed by atoms with van der Waals surface area (Å²) in [6.45, 7) is 4.30. The average Bonchev–Trinajstić information content (AvgIpc) is 2.74. The normalized spacial score (nSPS) is 13.9. The average molecular weight is 397 g/mol. The van der Waals surface area contributed by atoms with Crippen molar-refractivity contribution in [1.82, 2.24) is 10.2 Å². The minimum absolute atomic E-state index is 0.159. The number of aryl methyl sites for hydroxylation is 1. The SMILES string of the molecule is Cc1ccc(N2CCN(C(=O)CNC(=O)C(=O)Cc3ccccc3F)CC2)cc1. The summed E-state index contributed by atoms with van der Waals surface area (Å²) in [5, 5.41) is 2.35. The number of ketones is 1. The number of benzene rings is 2. The molecule has 2 aromatic rings. The zero-order chi connectivity index (χ0) is 20.8. The molecular formula is C22H24FN3O3. The van der Waals surface area contributed by atoms with Gasteiger partial charge in [-0.3, -0.25) is 14.4 Å². The molecule has 2 amide bonds. The molecule has 0 aliphatic carbocycles. The van der Waals surface area contributed by atoms with E-state index in [9.17, 15) is 18.8 Å². The number of carbonyl (C=O) groups excluding carboxylic acids is 3. The Kier molecular flexibility index (Phi) is 6.59. The van der Waals surface area contributed by atoms with Crippen molar-refractivity contribution < 1.29 is 18.8 Å². The van der Waals surface area contributed by atoms with Gasteiger partial charge in [0.2, 0.25) is 11.7 Å². The molecule has 29 heavy (non-hydrogen) atoms. The molecule has 0 saturated carbocycles. The van der Waals surface area contributed by atoms with Crippen LogP contribution in [0.3, 0.4) is 0 Å². The Morgan fingerprint density at radius 2 is 1.62 bits per heavy atom. The minimum Gasteiger partial charge on any atom is -0.368 e. The van der Waals surface area contributed by atoms with E-state index < -0.39 is 17.5 Å². The van der Waals surface area contributed by atoms with E-state index in [0.29, 0.717) is 26.2 Å². The highest BCUT2D eigenvalue weighted by atomic mass is 19.1. The number of amides is 2. The molecular weight excluding hydrogens is 373 g/mol. The van der Waals surface area contributed by atoms with Gasteiger partial charge < -0.3 is 15.1 Å². The number of Topliss-reactive ketones (excluding diaryl/α,β-unsaturated/α-hetero) is 1. The van der Waals surface area contributed by atoms with Crippen LogP contribution < -0.4 is 10.2 Å². The standard InChI is InChI=1S/C22H24FN3O3/c1-16-6-8-18(9-7-16)25-10-12-26(13-11-25)21(28)15-24-22(29)20(27)14-17-4-2-3-5-19(17)23/h2-9H,10-15H2,1H3,(H,24,29). The van der Waals surface area contributed by atoms with E-state index in [0.717, 1.165) is 5.69 Å². The van der Waals surface area contributed by atoms with Crippen molar-refractivity contribution in [2.24, 2.45) is 0 Å². The van der Waals surface area contributed by atoms with Crippen LogP contribution in [0.5, 0.6) is 0 Å². The topological polar surface area (TPSA) is 69.7 Å². The number of nitrogens with one attached hydrogen (secondary N) is 1. The summed E-state index contributed by atoms with van der Waals surface area (Å²) in [5.74, 6) is -2.41. The van der Waals surface area contributed by atoms with E-state index in [1.807, 2.05) is 6.92 Å². The monoisotopic (exact) mass is 397 g/mol. The van der Waals surface area contributed by atoms with E-state index in [2.05, 4.69) is 34.5 Å². The molecule has 0 aromatic heterocycles. The third kappa shape index (κ3) is 5.40. The largest absolute Gasteiger partial charge is 0.368 e. The number of nitrogens with zero attached hydrogens (tertiary/aromatic N) is 2. The molecule has 1 saturated heterocycles. The fraction of sp³-hybridized carbons (Fsp3) is 0.318. The third-order valence-corrected chi connectivity index (χ3v) is 4.99. The van der Waals surface area contributed by atoms with Crippen LogP contribution in [0.2, 0.25) is 0 Å². The molecule has 152 valence electrons. The fourth-order valence-corrected chi connectivity index (χ4v) is 3.23. The van der Waals surface area contributed by atoms with Crippen molar-refractivity contribution in [3.63, 3.8) is 0 Å².